The Balaban J connectivity index is 4.32. The maximum atomic E-state index is 10.1. The first kappa shape index (κ1) is 8.60. The SMILES string of the molecule is C/C=C\C=C(\C=O)C=C=N. The predicted molar refractivity (Wildman–Crippen MR) is 41.3 cm³/mol. The minimum absolute atomic E-state index is 0.452. The Hall–Kier alpha value is -1.40. The second-order valence-electron chi connectivity index (χ2n) is 1.60. The minimum atomic E-state index is 0.452. The number of hydrogen-bond donors (Lipinski definition) is 1. The van der Waals surface area contributed by atoms with Crippen molar-refractivity contribution in [3.05, 3.63) is 29.9 Å². The first-order valence-electron chi connectivity index (χ1n) is 2.88. The summed E-state index contributed by atoms with van der Waals surface area (Å²) in [6, 6.07) is 0. The Morgan fingerprint density at radius 2 is 2.30 bits per heavy atom. The van der Waals surface area contributed by atoms with Crippen LogP contribution in [-0.2, 0) is 4.79 Å². The largest absolute Gasteiger partial charge is 0.298 e. The number of hydrogen-bond acceptors (Lipinski definition) is 2. The van der Waals surface area contributed by atoms with Crippen LogP contribution in [0, 0.1) is 5.41 Å². The molecule has 0 amide bonds. The van der Waals surface area contributed by atoms with E-state index in [4.69, 9.17) is 5.41 Å². The van der Waals surface area contributed by atoms with E-state index in [0.717, 1.165) is 0 Å². The van der Waals surface area contributed by atoms with Crippen molar-refractivity contribution in [1.29, 1.82) is 5.41 Å². The van der Waals surface area contributed by atoms with E-state index in [1.165, 1.54) is 6.08 Å². The van der Waals surface area contributed by atoms with Crippen LogP contribution >= 0.6 is 0 Å². The smallest absolute Gasteiger partial charge is 0.150 e. The molecule has 0 radical (unpaired) electrons. The topological polar surface area (TPSA) is 40.9 Å². The Morgan fingerprint density at radius 3 is 2.70 bits per heavy atom. The molecule has 0 bridgehead atoms. The summed E-state index contributed by atoms with van der Waals surface area (Å²) < 4.78 is 0. The van der Waals surface area contributed by atoms with E-state index in [-0.39, 0.29) is 0 Å². The lowest BCUT2D eigenvalue weighted by atomic mass is 10.2. The molecule has 0 aromatic carbocycles. The van der Waals surface area contributed by atoms with Gasteiger partial charge in [0.25, 0.3) is 0 Å². The minimum Gasteiger partial charge on any atom is -0.298 e. The van der Waals surface area contributed by atoms with Gasteiger partial charge in [-0.2, -0.15) is 0 Å². The monoisotopic (exact) mass is 135 g/mol. The highest BCUT2D eigenvalue weighted by Crippen LogP contribution is 1.89. The molecule has 0 aromatic heterocycles. The number of nitrogens with one attached hydrogen (secondary N) is 1. The molecule has 1 N–H and O–H groups in total. The summed E-state index contributed by atoms with van der Waals surface area (Å²) in [5.41, 5.74) is 0.452. The molecule has 0 saturated carbocycles. The predicted octanol–water partition coefficient (Wildman–Crippen LogP) is 1.49. The average Bonchev–Trinajstić information content (AvgIpc) is 1.98. The average molecular weight is 135 g/mol. The van der Waals surface area contributed by atoms with Gasteiger partial charge in [0, 0.05) is 11.6 Å². The molecule has 2 nitrogen and oxygen atoms in total. The van der Waals surface area contributed by atoms with Crippen molar-refractivity contribution >= 4 is 12.2 Å². The molecule has 0 fully saturated rings. The highest BCUT2D eigenvalue weighted by molar-refractivity contribution is 5.82. The van der Waals surface area contributed by atoms with Crippen molar-refractivity contribution in [3.63, 3.8) is 0 Å². The zero-order valence-corrected chi connectivity index (χ0v) is 5.79. The van der Waals surface area contributed by atoms with Crippen molar-refractivity contribution in [2.24, 2.45) is 0 Å². The van der Waals surface area contributed by atoms with Gasteiger partial charge < -0.3 is 0 Å². The van der Waals surface area contributed by atoms with Crippen LogP contribution in [0.15, 0.2) is 29.9 Å². The lowest BCUT2D eigenvalue weighted by Crippen LogP contribution is -1.76. The van der Waals surface area contributed by atoms with E-state index >= 15 is 0 Å². The summed E-state index contributed by atoms with van der Waals surface area (Å²) in [6.07, 6.45) is 7.15. The third kappa shape index (κ3) is 3.58. The molecule has 2 heteroatoms. The number of carbonyl (C=O) groups is 1. The molecule has 0 aromatic rings. The fourth-order valence-electron chi connectivity index (χ4n) is 0.412. The second-order valence-corrected chi connectivity index (χ2v) is 1.60. The van der Waals surface area contributed by atoms with E-state index < -0.39 is 0 Å². The van der Waals surface area contributed by atoms with Gasteiger partial charge in [0.05, 0.1) is 0 Å². The summed E-state index contributed by atoms with van der Waals surface area (Å²) >= 11 is 0. The molecule has 0 saturated heterocycles. The molecule has 0 aliphatic carbocycles. The third-order valence-corrected chi connectivity index (χ3v) is 0.856. The van der Waals surface area contributed by atoms with Crippen molar-refractivity contribution < 1.29 is 4.79 Å². The quantitative estimate of drug-likeness (QED) is 0.271. The third-order valence-electron chi connectivity index (χ3n) is 0.856. The fourth-order valence-corrected chi connectivity index (χ4v) is 0.412. The van der Waals surface area contributed by atoms with Gasteiger partial charge in [-0.1, -0.05) is 18.2 Å². The summed E-state index contributed by atoms with van der Waals surface area (Å²) in [5, 5.41) is 6.54. The number of rotatable bonds is 3. The molecule has 0 unspecified atom stereocenters. The van der Waals surface area contributed by atoms with E-state index in [0.29, 0.717) is 11.9 Å². The molecule has 10 heavy (non-hydrogen) atoms. The van der Waals surface area contributed by atoms with Crippen molar-refractivity contribution in [1.82, 2.24) is 0 Å². The molecule has 0 aliphatic heterocycles. The van der Waals surface area contributed by atoms with Crippen molar-refractivity contribution in [2.75, 3.05) is 0 Å². The van der Waals surface area contributed by atoms with Gasteiger partial charge in [0.2, 0.25) is 0 Å². The van der Waals surface area contributed by atoms with Crippen molar-refractivity contribution in [2.45, 2.75) is 6.92 Å². The van der Waals surface area contributed by atoms with E-state index in [9.17, 15) is 4.79 Å². The van der Waals surface area contributed by atoms with Crippen LogP contribution in [0.4, 0.5) is 0 Å². The molecule has 0 atom stereocenters. The Bertz CT molecular complexity index is 207. The summed E-state index contributed by atoms with van der Waals surface area (Å²) in [6.45, 7) is 1.85. The van der Waals surface area contributed by atoms with Gasteiger partial charge in [-0.05, 0) is 12.8 Å². The molecule has 0 spiro atoms. The van der Waals surface area contributed by atoms with Gasteiger partial charge in [0.15, 0.2) is 6.29 Å². The number of allylic oxidation sites excluding steroid dienone is 5. The van der Waals surface area contributed by atoms with Gasteiger partial charge in [-0.3, -0.25) is 10.2 Å². The van der Waals surface area contributed by atoms with E-state index in [1.807, 2.05) is 12.8 Å². The van der Waals surface area contributed by atoms with E-state index in [1.54, 1.807) is 18.2 Å². The standard InChI is InChI=1S/C8H9NO/c1-2-3-4-8(7-10)5-6-9/h2-5,7,9H,1H3/b3-2-,8-4+. The van der Waals surface area contributed by atoms with Gasteiger partial charge in [-0.25, -0.2) is 0 Å². The van der Waals surface area contributed by atoms with Crippen LogP contribution in [0.25, 0.3) is 0 Å². The molecule has 0 heterocycles. The zero-order valence-electron chi connectivity index (χ0n) is 5.79. The first-order valence-corrected chi connectivity index (χ1v) is 2.88. The molecular formula is C8H9NO. The Kier molecular flexibility index (Phi) is 4.93. The highest BCUT2D eigenvalue weighted by Gasteiger charge is 1.82. The lowest BCUT2D eigenvalue weighted by molar-refractivity contribution is -0.104. The van der Waals surface area contributed by atoms with Crippen LogP contribution in [0.5, 0.6) is 0 Å². The van der Waals surface area contributed by atoms with Gasteiger partial charge in [0.1, 0.15) is 0 Å². The maximum absolute atomic E-state index is 10.1. The summed E-state index contributed by atoms with van der Waals surface area (Å²) in [7, 11) is 0. The van der Waals surface area contributed by atoms with Crippen LogP contribution in [0.1, 0.15) is 6.92 Å². The number of carbonyl (C=O) groups excluding carboxylic acids is 1. The number of aldehydes is 1. The van der Waals surface area contributed by atoms with E-state index in [2.05, 4.69) is 0 Å². The molecule has 0 aliphatic rings. The van der Waals surface area contributed by atoms with Crippen LogP contribution in [0.3, 0.4) is 0 Å². The summed E-state index contributed by atoms with van der Waals surface area (Å²) in [5.74, 6) is 2.02. The second kappa shape index (κ2) is 5.73. The molecule has 0 rings (SSSR count). The van der Waals surface area contributed by atoms with Gasteiger partial charge in [-0.15, -0.1) is 0 Å². The Labute approximate surface area is 60.1 Å². The fraction of sp³-hybridized carbons (Fsp3) is 0.125. The first-order chi connectivity index (χ1) is 4.85. The molecular weight excluding hydrogens is 126 g/mol. The summed E-state index contributed by atoms with van der Waals surface area (Å²) in [4.78, 5) is 10.1. The van der Waals surface area contributed by atoms with Crippen LogP contribution in [0.2, 0.25) is 0 Å². The Morgan fingerprint density at radius 1 is 1.60 bits per heavy atom. The van der Waals surface area contributed by atoms with Crippen LogP contribution < -0.4 is 0 Å². The van der Waals surface area contributed by atoms with Crippen molar-refractivity contribution in [3.8, 4) is 0 Å². The van der Waals surface area contributed by atoms with Crippen LogP contribution in [-0.4, -0.2) is 12.2 Å². The van der Waals surface area contributed by atoms with Gasteiger partial charge >= 0.3 is 0 Å². The zero-order chi connectivity index (χ0) is 7.82. The lowest BCUT2D eigenvalue weighted by Gasteiger charge is -1.80. The molecule has 52 valence electrons. The maximum Gasteiger partial charge on any atom is 0.150 e. The normalized spacial score (nSPS) is 11.1. The highest BCUT2D eigenvalue weighted by atomic mass is 16.1.